The summed E-state index contributed by atoms with van der Waals surface area (Å²) in [5, 5.41) is 8.77. The van der Waals surface area contributed by atoms with Gasteiger partial charge in [-0.3, -0.25) is 0 Å². The first kappa shape index (κ1) is 12.9. The van der Waals surface area contributed by atoms with Gasteiger partial charge in [0.25, 0.3) is 0 Å². The average Bonchev–Trinajstić information content (AvgIpc) is 2.16. The van der Waals surface area contributed by atoms with Crippen LogP contribution in [0.3, 0.4) is 0 Å². The second-order valence-electron chi connectivity index (χ2n) is 3.83. The van der Waals surface area contributed by atoms with Crippen molar-refractivity contribution < 1.29 is 14.3 Å². The number of aryl methyl sites for hydroxylation is 1. The largest absolute Gasteiger partial charge is 0.478 e. The number of carboxylic acids is 1. The number of carbonyl (C=O) groups is 1. The van der Waals surface area contributed by atoms with Crippen molar-refractivity contribution in [3.63, 3.8) is 0 Å². The highest BCUT2D eigenvalue weighted by Crippen LogP contribution is 2.29. The molecule has 0 aromatic heterocycles. The highest BCUT2D eigenvalue weighted by molar-refractivity contribution is 5.88. The van der Waals surface area contributed by atoms with Crippen molar-refractivity contribution in [1.82, 2.24) is 0 Å². The minimum Gasteiger partial charge on any atom is -0.478 e. The van der Waals surface area contributed by atoms with Crippen molar-refractivity contribution >= 4 is 18.4 Å². The maximum Gasteiger partial charge on any atom is 0.338 e. The molecule has 0 amide bonds. The molecule has 3 nitrogen and oxygen atoms in total. The molecule has 0 aliphatic heterocycles. The third-order valence-corrected chi connectivity index (χ3v) is 2.82. The normalized spacial score (nSPS) is 18.5. The van der Waals surface area contributed by atoms with E-state index in [9.17, 15) is 9.18 Å². The molecule has 0 saturated carbocycles. The highest BCUT2D eigenvalue weighted by Gasteiger charge is 2.21. The Hall–Kier alpha value is -1.13. The Bertz CT molecular complexity index is 423. The number of halogens is 2. The number of carboxylic acid groups (broad SMARTS) is 1. The van der Waals surface area contributed by atoms with Crippen LogP contribution in [-0.4, -0.2) is 11.1 Å². The SMILES string of the molecule is Cl.NC1CCCc2cc(F)c(C(=O)O)cc21. The Morgan fingerprint density at radius 3 is 2.81 bits per heavy atom. The molecule has 0 bridgehead atoms. The molecule has 1 aromatic rings. The van der Waals surface area contributed by atoms with Crippen LogP contribution < -0.4 is 5.73 Å². The molecule has 1 unspecified atom stereocenters. The third-order valence-electron chi connectivity index (χ3n) is 2.82. The topological polar surface area (TPSA) is 63.3 Å². The van der Waals surface area contributed by atoms with E-state index in [2.05, 4.69) is 0 Å². The lowest BCUT2D eigenvalue weighted by Gasteiger charge is -2.22. The van der Waals surface area contributed by atoms with Crippen molar-refractivity contribution in [3.05, 3.63) is 34.6 Å². The van der Waals surface area contributed by atoms with Gasteiger partial charge in [0.15, 0.2) is 0 Å². The summed E-state index contributed by atoms with van der Waals surface area (Å²) in [6.45, 7) is 0. The fraction of sp³-hybridized carbons (Fsp3) is 0.364. The van der Waals surface area contributed by atoms with Crippen molar-refractivity contribution in [3.8, 4) is 0 Å². The summed E-state index contributed by atoms with van der Waals surface area (Å²) in [7, 11) is 0. The van der Waals surface area contributed by atoms with Gasteiger partial charge in [-0.15, -0.1) is 12.4 Å². The first-order valence-corrected chi connectivity index (χ1v) is 4.91. The molecule has 88 valence electrons. The zero-order chi connectivity index (χ0) is 11.0. The van der Waals surface area contributed by atoms with Crippen LogP contribution in [0.15, 0.2) is 12.1 Å². The quantitative estimate of drug-likeness (QED) is 0.798. The first-order chi connectivity index (χ1) is 7.09. The van der Waals surface area contributed by atoms with Gasteiger partial charge in [-0.05, 0) is 42.5 Å². The maximum absolute atomic E-state index is 13.3. The number of hydrogen-bond acceptors (Lipinski definition) is 2. The molecule has 3 N–H and O–H groups in total. The van der Waals surface area contributed by atoms with Crippen molar-refractivity contribution in [2.75, 3.05) is 0 Å². The maximum atomic E-state index is 13.3. The third kappa shape index (κ3) is 2.18. The number of rotatable bonds is 1. The fourth-order valence-corrected chi connectivity index (χ4v) is 2.02. The van der Waals surface area contributed by atoms with Gasteiger partial charge in [0.1, 0.15) is 5.82 Å². The Kier molecular flexibility index (Phi) is 3.88. The Morgan fingerprint density at radius 1 is 1.50 bits per heavy atom. The second kappa shape index (κ2) is 4.80. The number of nitrogens with two attached hydrogens (primary N) is 1. The zero-order valence-electron chi connectivity index (χ0n) is 8.57. The molecule has 0 heterocycles. The van der Waals surface area contributed by atoms with E-state index in [0.717, 1.165) is 30.4 Å². The van der Waals surface area contributed by atoms with Crippen molar-refractivity contribution in [2.45, 2.75) is 25.3 Å². The van der Waals surface area contributed by atoms with Crippen molar-refractivity contribution in [2.24, 2.45) is 5.73 Å². The average molecular weight is 246 g/mol. The molecule has 1 aliphatic carbocycles. The summed E-state index contributed by atoms with van der Waals surface area (Å²) in [6.07, 6.45) is 2.54. The van der Waals surface area contributed by atoms with E-state index < -0.39 is 11.8 Å². The smallest absolute Gasteiger partial charge is 0.338 e. The van der Waals surface area contributed by atoms with Gasteiger partial charge in [0, 0.05) is 6.04 Å². The minimum atomic E-state index is -1.24. The van der Waals surface area contributed by atoms with E-state index in [4.69, 9.17) is 10.8 Å². The molecular weight excluding hydrogens is 233 g/mol. The van der Waals surface area contributed by atoms with Gasteiger partial charge in [-0.2, -0.15) is 0 Å². The van der Waals surface area contributed by atoms with Crippen LogP contribution in [-0.2, 0) is 6.42 Å². The summed E-state index contributed by atoms with van der Waals surface area (Å²) in [6, 6.07) is 2.52. The number of hydrogen-bond donors (Lipinski definition) is 2. The van der Waals surface area contributed by atoms with Crippen LogP contribution in [0.1, 0.15) is 40.4 Å². The van der Waals surface area contributed by atoms with E-state index in [1.165, 1.54) is 12.1 Å². The molecule has 0 fully saturated rings. The molecule has 16 heavy (non-hydrogen) atoms. The molecule has 0 radical (unpaired) electrons. The van der Waals surface area contributed by atoms with Crippen LogP contribution in [0.2, 0.25) is 0 Å². The van der Waals surface area contributed by atoms with E-state index in [0.29, 0.717) is 0 Å². The summed E-state index contributed by atoms with van der Waals surface area (Å²) in [5.74, 6) is -1.91. The molecule has 5 heteroatoms. The van der Waals surface area contributed by atoms with E-state index in [1.54, 1.807) is 0 Å². The lowest BCUT2D eigenvalue weighted by molar-refractivity contribution is 0.0691. The summed E-state index contributed by atoms with van der Waals surface area (Å²) < 4.78 is 13.3. The lowest BCUT2D eigenvalue weighted by Crippen LogP contribution is -2.19. The van der Waals surface area contributed by atoms with Crippen LogP contribution in [0.4, 0.5) is 4.39 Å². The van der Waals surface area contributed by atoms with Crippen LogP contribution in [0.5, 0.6) is 0 Å². The fourth-order valence-electron chi connectivity index (χ4n) is 2.02. The van der Waals surface area contributed by atoms with Gasteiger partial charge >= 0.3 is 5.97 Å². The summed E-state index contributed by atoms with van der Waals surface area (Å²) in [5.41, 5.74) is 7.19. The Labute approximate surface area is 98.9 Å². The van der Waals surface area contributed by atoms with Gasteiger partial charge in [0.2, 0.25) is 0 Å². The van der Waals surface area contributed by atoms with E-state index in [1.807, 2.05) is 0 Å². The molecule has 0 spiro atoms. The summed E-state index contributed by atoms with van der Waals surface area (Å²) >= 11 is 0. The standard InChI is InChI=1S/C11H12FNO2.ClH/c12-9-4-6-2-1-3-10(13)7(6)5-8(9)11(14)15;/h4-5,10H,1-3,13H2,(H,14,15);1H. The lowest BCUT2D eigenvalue weighted by atomic mass is 9.87. The van der Waals surface area contributed by atoms with E-state index in [-0.39, 0.29) is 24.0 Å². The van der Waals surface area contributed by atoms with Gasteiger partial charge < -0.3 is 10.8 Å². The first-order valence-electron chi connectivity index (χ1n) is 4.91. The minimum absolute atomic E-state index is 0. The van der Waals surface area contributed by atoms with Crippen LogP contribution in [0, 0.1) is 5.82 Å². The molecule has 2 rings (SSSR count). The molecule has 1 atom stereocenters. The monoisotopic (exact) mass is 245 g/mol. The molecular formula is C11H13ClFNO2. The Morgan fingerprint density at radius 2 is 2.19 bits per heavy atom. The van der Waals surface area contributed by atoms with Crippen molar-refractivity contribution in [1.29, 1.82) is 0 Å². The van der Waals surface area contributed by atoms with Crippen LogP contribution in [0.25, 0.3) is 0 Å². The van der Waals surface area contributed by atoms with Gasteiger partial charge in [-0.25, -0.2) is 9.18 Å². The molecule has 1 aromatic carbocycles. The van der Waals surface area contributed by atoms with E-state index >= 15 is 0 Å². The molecule has 0 saturated heterocycles. The molecule has 1 aliphatic rings. The van der Waals surface area contributed by atoms with Gasteiger partial charge in [-0.1, -0.05) is 0 Å². The number of aromatic carboxylic acids is 1. The second-order valence-corrected chi connectivity index (χ2v) is 3.83. The van der Waals surface area contributed by atoms with Gasteiger partial charge in [0.05, 0.1) is 5.56 Å². The van der Waals surface area contributed by atoms with Crippen LogP contribution >= 0.6 is 12.4 Å². The number of fused-ring (bicyclic) bond motifs is 1. The predicted octanol–water partition coefficient (Wildman–Crippen LogP) is 2.28. The Balaban J connectivity index is 0.00000128. The highest BCUT2D eigenvalue weighted by atomic mass is 35.5. The predicted molar refractivity (Wildman–Crippen MR) is 60.5 cm³/mol. The summed E-state index contributed by atoms with van der Waals surface area (Å²) in [4.78, 5) is 10.7. The zero-order valence-corrected chi connectivity index (χ0v) is 9.39. The number of benzene rings is 1.